The molecule has 2 aliphatic carbocycles. The van der Waals surface area contributed by atoms with E-state index in [1.807, 2.05) is 48.5 Å². The van der Waals surface area contributed by atoms with E-state index >= 15 is 0 Å². The van der Waals surface area contributed by atoms with E-state index in [0.717, 1.165) is 24.2 Å². The molecule has 2 aromatic rings. The second kappa shape index (κ2) is 6.25. The lowest BCUT2D eigenvalue weighted by Gasteiger charge is -2.41. The van der Waals surface area contributed by atoms with Crippen molar-refractivity contribution in [2.24, 2.45) is 16.9 Å². The van der Waals surface area contributed by atoms with Crippen molar-refractivity contribution in [1.82, 2.24) is 5.43 Å². The summed E-state index contributed by atoms with van der Waals surface area (Å²) in [7, 11) is 0. The molecule has 0 spiro atoms. The van der Waals surface area contributed by atoms with Gasteiger partial charge in [-0.05, 0) is 30.7 Å². The number of ketones is 1. The Balaban J connectivity index is 1.38. The van der Waals surface area contributed by atoms with Crippen LogP contribution in [-0.4, -0.2) is 23.6 Å². The first kappa shape index (κ1) is 15.6. The summed E-state index contributed by atoms with van der Waals surface area (Å²) in [6.45, 7) is 0. The number of hydrazone groups is 1. The average molecular weight is 346 g/mol. The summed E-state index contributed by atoms with van der Waals surface area (Å²) >= 11 is 0. The van der Waals surface area contributed by atoms with Gasteiger partial charge >= 0.3 is 0 Å². The molecule has 26 heavy (non-hydrogen) atoms. The molecule has 2 aromatic carbocycles. The summed E-state index contributed by atoms with van der Waals surface area (Å²) in [6, 6.07) is 20.5. The van der Waals surface area contributed by atoms with Crippen LogP contribution >= 0.6 is 0 Å². The Morgan fingerprint density at radius 1 is 0.923 bits per heavy atom. The summed E-state index contributed by atoms with van der Waals surface area (Å²) in [4.78, 5) is 12.8. The Kier molecular flexibility index (Phi) is 3.75. The highest BCUT2D eigenvalue weighted by Crippen LogP contribution is 2.44. The predicted octanol–water partition coefficient (Wildman–Crippen LogP) is 3.22. The smallest absolute Gasteiger partial charge is 0.139 e. The molecule has 132 valence electrons. The highest BCUT2D eigenvalue weighted by atomic mass is 16.1. The molecule has 0 amide bonds. The van der Waals surface area contributed by atoms with E-state index in [1.54, 1.807) is 0 Å². The van der Waals surface area contributed by atoms with Gasteiger partial charge in [-0.15, -0.1) is 0 Å². The van der Waals surface area contributed by atoms with Gasteiger partial charge in [-0.2, -0.15) is 5.10 Å². The normalized spacial score (nSPS) is 29.5. The van der Waals surface area contributed by atoms with E-state index < -0.39 is 0 Å². The van der Waals surface area contributed by atoms with Crippen molar-refractivity contribution in [3.8, 4) is 0 Å². The molecule has 0 radical (unpaired) electrons. The molecule has 1 heterocycles. The first-order chi connectivity index (χ1) is 12.8. The topological polar surface area (TPSA) is 56.7 Å². The Morgan fingerprint density at radius 2 is 1.65 bits per heavy atom. The molecule has 2 fully saturated rings. The van der Waals surface area contributed by atoms with E-state index in [0.29, 0.717) is 18.1 Å². The minimum absolute atomic E-state index is 0.0714. The molecule has 3 aliphatic rings. The quantitative estimate of drug-likeness (QED) is 0.835. The van der Waals surface area contributed by atoms with Crippen molar-refractivity contribution in [2.75, 3.05) is 10.4 Å². The van der Waals surface area contributed by atoms with Gasteiger partial charge in [0.1, 0.15) is 5.78 Å². The minimum atomic E-state index is 0.0714. The van der Waals surface area contributed by atoms with Crippen molar-refractivity contribution in [2.45, 2.75) is 31.3 Å². The van der Waals surface area contributed by atoms with Gasteiger partial charge in [0.05, 0.1) is 11.7 Å². The maximum absolute atomic E-state index is 12.8. The third kappa shape index (κ3) is 2.59. The Morgan fingerprint density at radius 3 is 2.42 bits per heavy atom. The fraction of sp³-hybridized carbons (Fsp3) is 0.333. The second-order valence-electron chi connectivity index (χ2n) is 7.40. The van der Waals surface area contributed by atoms with E-state index in [1.165, 1.54) is 5.71 Å². The minimum Gasteiger partial charge on any atom is -0.321 e. The van der Waals surface area contributed by atoms with Crippen LogP contribution in [0.1, 0.15) is 19.3 Å². The lowest BCUT2D eigenvalue weighted by Crippen LogP contribution is -2.55. The number of Topliss-reactive ketones (excluding diaryl/α,β-unsaturated/α-hetero) is 1. The van der Waals surface area contributed by atoms with Crippen molar-refractivity contribution in [3.63, 3.8) is 0 Å². The highest BCUT2D eigenvalue weighted by molar-refractivity contribution is 5.98. The molecule has 5 nitrogen and oxygen atoms in total. The van der Waals surface area contributed by atoms with Gasteiger partial charge in [-0.3, -0.25) is 9.80 Å². The SMILES string of the molecule is O=C1C[C@H]2[C@H]3C[C@@H]1[C@H](NNc1ccccc1)CC3=NN2c1ccccc1. The first-order valence-corrected chi connectivity index (χ1v) is 9.30. The van der Waals surface area contributed by atoms with Gasteiger partial charge in [-0.1, -0.05) is 36.4 Å². The van der Waals surface area contributed by atoms with Crippen molar-refractivity contribution in [3.05, 3.63) is 60.7 Å². The maximum Gasteiger partial charge on any atom is 0.139 e. The standard InChI is InChI=1S/C21H22N4O/c26-21-13-20-16-11-17(21)18(23-22-14-7-3-1-4-8-14)12-19(16)24-25(20)15-9-5-2-6-10-15/h1-10,16-18,20,22-23H,11-13H2/t16-,17+,18+,20-/m0/s1. The van der Waals surface area contributed by atoms with Crippen LogP contribution < -0.4 is 15.9 Å². The maximum atomic E-state index is 12.8. The molecule has 0 unspecified atom stereocenters. The summed E-state index contributed by atoms with van der Waals surface area (Å²) in [6.07, 6.45) is 2.31. The van der Waals surface area contributed by atoms with E-state index in [-0.39, 0.29) is 18.0 Å². The van der Waals surface area contributed by atoms with Crippen molar-refractivity contribution in [1.29, 1.82) is 0 Å². The summed E-state index contributed by atoms with van der Waals surface area (Å²) in [5.41, 5.74) is 9.98. The van der Waals surface area contributed by atoms with E-state index in [2.05, 4.69) is 28.0 Å². The molecule has 0 saturated heterocycles. The average Bonchev–Trinajstić information content (AvgIpc) is 3.07. The van der Waals surface area contributed by atoms with Crippen LogP contribution in [0.2, 0.25) is 0 Å². The van der Waals surface area contributed by atoms with Crippen LogP contribution in [-0.2, 0) is 4.79 Å². The number of hydrazine groups is 1. The third-order valence-corrected chi connectivity index (χ3v) is 5.89. The van der Waals surface area contributed by atoms with Crippen LogP contribution in [0.4, 0.5) is 11.4 Å². The summed E-state index contributed by atoms with van der Waals surface area (Å²) < 4.78 is 0. The lowest BCUT2D eigenvalue weighted by molar-refractivity contribution is -0.126. The van der Waals surface area contributed by atoms with E-state index in [4.69, 9.17) is 5.10 Å². The zero-order valence-electron chi connectivity index (χ0n) is 14.5. The predicted molar refractivity (Wildman–Crippen MR) is 103 cm³/mol. The van der Waals surface area contributed by atoms with Crippen LogP contribution in [0.5, 0.6) is 0 Å². The van der Waals surface area contributed by atoms with E-state index in [9.17, 15) is 4.79 Å². The van der Waals surface area contributed by atoms with Crippen LogP contribution in [0.25, 0.3) is 0 Å². The van der Waals surface area contributed by atoms with Crippen molar-refractivity contribution >= 4 is 22.9 Å². The van der Waals surface area contributed by atoms with Gasteiger partial charge in [-0.25, -0.2) is 5.43 Å². The van der Waals surface area contributed by atoms with Crippen LogP contribution in [0, 0.1) is 11.8 Å². The van der Waals surface area contributed by atoms with Gasteiger partial charge in [0.25, 0.3) is 0 Å². The number of benzene rings is 2. The number of hydrogen-bond acceptors (Lipinski definition) is 5. The van der Waals surface area contributed by atoms with Crippen LogP contribution in [0.3, 0.4) is 0 Å². The number of hydrogen-bond donors (Lipinski definition) is 2. The zero-order chi connectivity index (χ0) is 17.5. The molecular formula is C21H22N4O. The van der Waals surface area contributed by atoms with Gasteiger partial charge in [0, 0.05) is 42.1 Å². The number of nitrogens with zero attached hydrogens (tertiary/aromatic N) is 2. The van der Waals surface area contributed by atoms with Gasteiger partial charge in [0.2, 0.25) is 0 Å². The second-order valence-corrected chi connectivity index (χ2v) is 7.40. The zero-order valence-corrected chi connectivity index (χ0v) is 14.5. The number of para-hydroxylation sites is 2. The first-order valence-electron chi connectivity index (χ1n) is 9.30. The largest absolute Gasteiger partial charge is 0.321 e. The Hall–Kier alpha value is -2.66. The van der Waals surface area contributed by atoms with Gasteiger partial charge in [0.15, 0.2) is 0 Å². The fourth-order valence-electron chi connectivity index (χ4n) is 4.59. The fourth-order valence-corrected chi connectivity index (χ4v) is 4.59. The number of rotatable bonds is 4. The molecule has 2 saturated carbocycles. The Labute approximate surface area is 153 Å². The number of fused-ring (bicyclic) bond motifs is 1. The number of nitrogens with one attached hydrogen (secondary N) is 2. The Bertz CT molecular complexity index is 836. The van der Waals surface area contributed by atoms with Crippen molar-refractivity contribution < 1.29 is 4.79 Å². The van der Waals surface area contributed by atoms with Crippen LogP contribution in [0.15, 0.2) is 65.8 Å². The summed E-state index contributed by atoms with van der Waals surface area (Å²) in [5, 5.41) is 7.01. The molecule has 0 aromatic heterocycles. The number of anilines is 2. The number of carbonyl (C=O) groups is 1. The molecular weight excluding hydrogens is 324 g/mol. The lowest BCUT2D eigenvalue weighted by atomic mass is 9.66. The third-order valence-electron chi connectivity index (χ3n) is 5.89. The molecule has 5 heteroatoms. The molecule has 2 N–H and O–H groups in total. The highest BCUT2D eigenvalue weighted by Gasteiger charge is 2.51. The molecule has 4 atom stereocenters. The van der Waals surface area contributed by atoms with Gasteiger partial charge < -0.3 is 5.43 Å². The summed E-state index contributed by atoms with van der Waals surface area (Å²) in [5.74, 6) is 0.838. The molecule has 2 bridgehead atoms. The molecule has 1 aliphatic heterocycles. The molecule has 5 rings (SSSR count). The monoisotopic (exact) mass is 346 g/mol. The number of carbonyl (C=O) groups excluding carboxylic acids is 1.